The minimum atomic E-state index is -0.477. The number of carbonyl (C=O) groups excluding carboxylic acids is 1. The lowest BCUT2D eigenvalue weighted by Crippen LogP contribution is -2.30. The highest BCUT2D eigenvalue weighted by Gasteiger charge is 2.16. The molecule has 22 heavy (non-hydrogen) atoms. The van der Waals surface area contributed by atoms with Crippen LogP contribution in [0.25, 0.3) is 0 Å². The van der Waals surface area contributed by atoms with Gasteiger partial charge in [-0.3, -0.25) is 10.1 Å². The fourth-order valence-electron chi connectivity index (χ4n) is 1.91. The Labute approximate surface area is 129 Å². The van der Waals surface area contributed by atoms with Crippen LogP contribution in [0.3, 0.4) is 0 Å². The van der Waals surface area contributed by atoms with Gasteiger partial charge in [0.2, 0.25) is 0 Å². The van der Waals surface area contributed by atoms with Gasteiger partial charge in [-0.25, -0.2) is 4.79 Å². The number of aliphatic hydroxyl groups excluding tert-OH is 1. The maximum absolute atomic E-state index is 11.7. The molecule has 0 aliphatic rings. The largest absolute Gasteiger partial charge is 0.396 e. The first-order valence-electron chi connectivity index (χ1n) is 7.16. The molecule has 0 unspecified atom stereocenters. The second-order valence-electron chi connectivity index (χ2n) is 6.07. The van der Waals surface area contributed by atoms with E-state index in [0.29, 0.717) is 17.8 Å². The molecule has 7 heteroatoms. The van der Waals surface area contributed by atoms with Crippen LogP contribution >= 0.6 is 0 Å². The molecule has 1 aromatic carbocycles. The number of nitro groups is 1. The van der Waals surface area contributed by atoms with Crippen molar-refractivity contribution in [3.8, 4) is 0 Å². The van der Waals surface area contributed by atoms with E-state index in [9.17, 15) is 14.9 Å². The number of nitro benzene ring substituents is 1. The topological polar surface area (TPSA) is 104 Å². The third-order valence-corrected chi connectivity index (χ3v) is 3.41. The first-order valence-corrected chi connectivity index (χ1v) is 7.16. The molecule has 0 fully saturated rings. The van der Waals surface area contributed by atoms with Crippen molar-refractivity contribution < 1.29 is 14.8 Å². The van der Waals surface area contributed by atoms with Gasteiger partial charge in [0, 0.05) is 30.5 Å². The van der Waals surface area contributed by atoms with E-state index >= 15 is 0 Å². The van der Waals surface area contributed by atoms with E-state index in [1.165, 1.54) is 6.07 Å². The molecule has 1 rings (SSSR count). The molecule has 2 amide bonds. The summed E-state index contributed by atoms with van der Waals surface area (Å²) in [5, 5.41) is 25.2. The summed E-state index contributed by atoms with van der Waals surface area (Å²) in [4.78, 5) is 22.1. The zero-order valence-electron chi connectivity index (χ0n) is 13.2. The average molecular weight is 309 g/mol. The van der Waals surface area contributed by atoms with Gasteiger partial charge in [0.15, 0.2) is 0 Å². The molecule has 122 valence electrons. The molecule has 7 nitrogen and oxygen atoms in total. The highest BCUT2D eigenvalue weighted by Crippen LogP contribution is 2.22. The van der Waals surface area contributed by atoms with E-state index in [0.717, 1.165) is 12.8 Å². The van der Waals surface area contributed by atoms with Crippen LogP contribution in [0.4, 0.5) is 16.2 Å². The maximum atomic E-state index is 11.7. The molecule has 3 N–H and O–H groups in total. The number of nitrogens with zero attached hydrogens (tertiary/aromatic N) is 1. The van der Waals surface area contributed by atoms with Crippen LogP contribution in [0.1, 0.15) is 32.3 Å². The molecular weight excluding hydrogens is 286 g/mol. The van der Waals surface area contributed by atoms with E-state index in [-0.39, 0.29) is 17.7 Å². The zero-order chi connectivity index (χ0) is 16.8. The predicted octanol–water partition coefficient (Wildman–Crippen LogP) is 2.82. The Hall–Kier alpha value is -2.15. The molecule has 0 spiro atoms. The summed E-state index contributed by atoms with van der Waals surface area (Å²) < 4.78 is 0. The lowest BCUT2D eigenvalue weighted by molar-refractivity contribution is -0.385. The van der Waals surface area contributed by atoms with E-state index < -0.39 is 11.0 Å². The quantitative estimate of drug-likeness (QED) is 0.409. The number of carbonyl (C=O) groups is 1. The minimum absolute atomic E-state index is 0.0255. The Kier molecular flexibility index (Phi) is 6.30. The predicted molar refractivity (Wildman–Crippen MR) is 85.0 cm³/mol. The van der Waals surface area contributed by atoms with Crippen molar-refractivity contribution in [2.45, 2.75) is 33.6 Å². The number of nitrogens with one attached hydrogen (secondary N) is 2. The van der Waals surface area contributed by atoms with Gasteiger partial charge in [-0.1, -0.05) is 19.9 Å². The van der Waals surface area contributed by atoms with Crippen molar-refractivity contribution in [3.63, 3.8) is 0 Å². The van der Waals surface area contributed by atoms with Crippen molar-refractivity contribution >= 4 is 17.4 Å². The monoisotopic (exact) mass is 309 g/mol. The maximum Gasteiger partial charge on any atom is 0.319 e. The fraction of sp³-hybridized carbons (Fsp3) is 0.533. The molecule has 0 heterocycles. The van der Waals surface area contributed by atoms with Crippen LogP contribution in [-0.2, 0) is 0 Å². The normalized spacial score (nSPS) is 11.1. The number of hydrogen-bond acceptors (Lipinski definition) is 4. The highest BCUT2D eigenvalue weighted by molar-refractivity contribution is 5.89. The van der Waals surface area contributed by atoms with E-state index in [4.69, 9.17) is 5.11 Å². The Morgan fingerprint density at radius 3 is 2.68 bits per heavy atom. The Balaban J connectivity index is 2.46. The van der Waals surface area contributed by atoms with Crippen molar-refractivity contribution in [2.24, 2.45) is 5.41 Å². The number of amides is 2. The van der Waals surface area contributed by atoms with Gasteiger partial charge < -0.3 is 15.7 Å². The summed E-state index contributed by atoms with van der Waals surface area (Å²) in [6, 6.07) is 4.15. The lowest BCUT2D eigenvalue weighted by Gasteiger charge is -2.21. The Morgan fingerprint density at radius 2 is 2.09 bits per heavy atom. The van der Waals surface area contributed by atoms with Gasteiger partial charge >= 0.3 is 6.03 Å². The number of aryl methyl sites for hydroxylation is 1. The average Bonchev–Trinajstić information content (AvgIpc) is 2.45. The molecular formula is C15H23N3O4. The summed E-state index contributed by atoms with van der Waals surface area (Å²) in [6.45, 7) is 6.14. The van der Waals surface area contributed by atoms with Crippen LogP contribution in [0.15, 0.2) is 18.2 Å². The molecule has 0 aliphatic carbocycles. The SMILES string of the molecule is Cc1ccc(NC(=O)NCCCC(C)(C)CO)cc1[N+](=O)[O-]. The Morgan fingerprint density at radius 1 is 1.41 bits per heavy atom. The number of hydrogen-bond donors (Lipinski definition) is 3. The summed E-state index contributed by atoms with van der Waals surface area (Å²) >= 11 is 0. The third kappa shape index (κ3) is 5.69. The van der Waals surface area contributed by atoms with E-state index in [1.54, 1.807) is 19.1 Å². The number of rotatable bonds is 7. The molecule has 1 aromatic rings. The number of anilines is 1. The number of aliphatic hydroxyl groups is 1. The molecule has 0 atom stereocenters. The fourth-order valence-corrected chi connectivity index (χ4v) is 1.91. The first kappa shape index (κ1) is 17.9. The van der Waals surface area contributed by atoms with Crippen molar-refractivity contribution in [3.05, 3.63) is 33.9 Å². The highest BCUT2D eigenvalue weighted by atomic mass is 16.6. The molecule has 0 saturated heterocycles. The van der Waals surface area contributed by atoms with Gasteiger partial charge in [0.25, 0.3) is 5.69 Å². The van der Waals surface area contributed by atoms with Crippen LogP contribution in [0.5, 0.6) is 0 Å². The second kappa shape index (κ2) is 7.74. The summed E-state index contributed by atoms with van der Waals surface area (Å²) in [7, 11) is 0. The molecule has 0 bridgehead atoms. The summed E-state index contributed by atoms with van der Waals surface area (Å²) in [5.41, 5.74) is 0.741. The van der Waals surface area contributed by atoms with Crippen LogP contribution in [0.2, 0.25) is 0 Å². The van der Waals surface area contributed by atoms with Crippen LogP contribution in [-0.4, -0.2) is 29.2 Å². The van der Waals surface area contributed by atoms with Gasteiger partial charge in [-0.2, -0.15) is 0 Å². The zero-order valence-corrected chi connectivity index (χ0v) is 13.2. The number of benzene rings is 1. The van der Waals surface area contributed by atoms with E-state index in [1.807, 2.05) is 13.8 Å². The molecule has 0 radical (unpaired) electrons. The minimum Gasteiger partial charge on any atom is -0.396 e. The lowest BCUT2D eigenvalue weighted by atomic mass is 9.89. The van der Waals surface area contributed by atoms with Crippen molar-refractivity contribution in [1.82, 2.24) is 5.32 Å². The first-order chi connectivity index (χ1) is 10.2. The standard InChI is InChI=1S/C15H23N3O4/c1-11-5-6-12(9-13(11)18(21)22)17-14(20)16-8-4-7-15(2,3)10-19/h5-6,9,19H,4,7-8,10H2,1-3H3,(H2,16,17,20). The van der Waals surface area contributed by atoms with Crippen molar-refractivity contribution in [2.75, 3.05) is 18.5 Å². The van der Waals surface area contributed by atoms with E-state index in [2.05, 4.69) is 10.6 Å². The smallest absolute Gasteiger partial charge is 0.319 e. The summed E-state index contributed by atoms with van der Waals surface area (Å²) in [5.74, 6) is 0. The van der Waals surface area contributed by atoms with Crippen molar-refractivity contribution in [1.29, 1.82) is 0 Å². The Bertz CT molecular complexity index is 544. The van der Waals surface area contributed by atoms with Gasteiger partial charge in [-0.15, -0.1) is 0 Å². The molecule has 0 aromatic heterocycles. The third-order valence-electron chi connectivity index (χ3n) is 3.41. The number of urea groups is 1. The van der Waals surface area contributed by atoms with Crippen LogP contribution in [0, 0.1) is 22.5 Å². The van der Waals surface area contributed by atoms with Gasteiger partial charge in [0.05, 0.1) is 4.92 Å². The second-order valence-corrected chi connectivity index (χ2v) is 6.07. The molecule has 0 aliphatic heterocycles. The van der Waals surface area contributed by atoms with Gasteiger partial charge in [-0.05, 0) is 31.2 Å². The van der Waals surface area contributed by atoms with Crippen LogP contribution < -0.4 is 10.6 Å². The summed E-state index contributed by atoms with van der Waals surface area (Å²) in [6.07, 6.45) is 1.54. The molecule has 0 saturated carbocycles. The van der Waals surface area contributed by atoms with Gasteiger partial charge in [0.1, 0.15) is 0 Å².